The second-order valence-corrected chi connectivity index (χ2v) is 6.86. The monoisotopic (exact) mass is 404 g/mol. The lowest BCUT2D eigenvalue weighted by molar-refractivity contribution is -0.113. The Morgan fingerprint density at radius 3 is 2.46 bits per heavy atom. The number of carbonyl (C=O) groups is 1. The van der Waals surface area contributed by atoms with Crippen LogP contribution >= 0.6 is 11.8 Å². The van der Waals surface area contributed by atoms with Crippen molar-refractivity contribution in [1.29, 1.82) is 0 Å². The Balaban J connectivity index is 1.60. The molecule has 0 saturated heterocycles. The van der Waals surface area contributed by atoms with Crippen LogP contribution in [0.5, 0.6) is 5.75 Å². The van der Waals surface area contributed by atoms with Gasteiger partial charge in [-0.25, -0.2) is 8.78 Å². The van der Waals surface area contributed by atoms with Crippen molar-refractivity contribution in [2.45, 2.75) is 11.6 Å². The van der Waals surface area contributed by atoms with Gasteiger partial charge in [-0.3, -0.25) is 4.79 Å². The van der Waals surface area contributed by atoms with E-state index in [4.69, 9.17) is 4.74 Å². The average molecular weight is 404 g/mol. The van der Waals surface area contributed by atoms with Crippen LogP contribution < -0.4 is 10.1 Å². The second kappa shape index (κ2) is 8.83. The number of hydrogen-bond donors (Lipinski definition) is 1. The Bertz CT molecular complexity index is 956. The van der Waals surface area contributed by atoms with E-state index in [-0.39, 0.29) is 5.75 Å². The summed E-state index contributed by atoms with van der Waals surface area (Å²) in [7, 11) is 3.41. The molecule has 3 rings (SSSR count). The van der Waals surface area contributed by atoms with Crippen LogP contribution in [-0.4, -0.2) is 33.5 Å². The van der Waals surface area contributed by atoms with Crippen molar-refractivity contribution in [3.05, 3.63) is 65.5 Å². The minimum atomic E-state index is -0.821. The van der Waals surface area contributed by atoms with E-state index in [0.717, 1.165) is 41.0 Å². The molecular formula is C19H18F2N4O2S. The third-order valence-electron chi connectivity index (χ3n) is 4.01. The molecule has 0 atom stereocenters. The summed E-state index contributed by atoms with van der Waals surface area (Å²) in [4.78, 5) is 12.0. The van der Waals surface area contributed by atoms with Crippen LogP contribution in [0.2, 0.25) is 0 Å². The van der Waals surface area contributed by atoms with E-state index in [0.29, 0.717) is 11.6 Å². The van der Waals surface area contributed by atoms with Gasteiger partial charge in [0, 0.05) is 13.5 Å². The zero-order valence-electron chi connectivity index (χ0n) is 15.3. The molecule has 0 unspecified atom stereocenters. The zero-order chi connectivity index (χ0) is 20.1. The smallest absolute Gasteiger partial charge is 0.235 e. The molecule has 1 heterocycles. The number of nitrogens with zero attached hydrogens (tertiary/aromatic N) is 3. The standard InChI is InChI=1S/C19H18F2N4O2S/c1-25-16(10-12-6-8-13(27-2)9-7-12)23-24-19(25)28-11-17(26)22-18-14(20)4-3-5-15(18)21/h3-9H,10-11H2,1-2H3,(H,22,26). The predicted octanol–water partition coefficient (Wildman–Crippen LogP) is 3.42. The second-order valence-electron chi connectivity index (χ2n) is 5.92. The first-order chi connectivity index (χ1) is 13.5. The number of amides is 1. The van der Waals surface area contributed by atoms with Crippen molar-refractivity contribution in [2.24, 2.45) is 7.05 Å². The maximum absolute atomic E-state index is 13.6. The first-order valence-corrected chi connectivity index (χ1v) is 9.34. The first kappa shape index (κ1) is 19.8. The molecule has 0 fully saturated rings. The van der Waals surface area contributed by atoms with Gasteiger partial charge in [-0.05, 0) is 29.8 Å². The molecule has 9 heteroatoms. The fourth-order valence-corrected chi connectivity index (χ4v) is 3.20. The topological polar surface area (TPSA) is 69.0 Å². The van der Waals surface area contributed by atoms with Crippen molar-refractivity contribution < 1.29 is 18.3 Å². The van der Waals surface area contributed by atoms with E-state index in [1.807, 2.05) is 24.3 Å². The molecule has 1 aromatic heterocycles. The van der Waals surface area contributed by atoms with Gasteiger partial charge in [0.2, 0.25) is 5.91 Å². The third-order valence-corrected chi connectivity index (χ3v) is 5.03. The van der Waals surface area contributed by atoms with Crippen molar-refractivity contribution in [3.63, 3.8) is 0 Å². The number of thioether (sulfide) groups is 1. The molecule has 1 N–H and O–H groups in total. The zero-order valence-corrected chi connectivity index (χ0v) is 16.1. The van der Waals surface area contributed by atoms with E-state index < -0.39 is 23.2 Å². The van der Waals surface area contributed by atoms with Crippen LogP contribution in [0, 0.1) is 11.6 Å². The highest BCUT2D eigenvalue weighted by Gasteiger charge is 2.15. The SMILES string of the molecule is COc1ccc(Cc2nnc(SCC(=O)Nc3c(F)cccc3F)n2C)cc1. The number of halogens is 2. The summed E-state index contributed by atoms with van der Waals surface area (Å²) in [5.41, 5.74) is 0.590. The van der Waals surface area contributed by atoms with Crippen LogP contribution in [0.15, 0.2) is 47.6 Å². The molecule has 0 spiro atoms. The first-order valence-electron chi connectivity index (χ1n) is 8.35. The van der Waals surface area contributed by atoms with Crippen LogP contribution in [0.4, 0.5) is 14.5 Å². The van der Waals surface area contributed by atoms with E-state index in [9.17, 15) is 13.6 Å². The maximum atomic E-state index is 13.6. The normalized spacial score (nSPS) is 10.7. The molecule has 0 aliphatic heterocycles. The number of methoxy groups -OCH3 is 1. The largest absolute Gasteiger partial charge is 0.497 e. The van der Waals surface area contributed by atoms with E-state index in [2.05, 4.69) is 15.5 Å². The molecule has 2 aromatic carbocycles. The highest BCUT2D eigenvalue weighted by atomic mass is 32.2. The maximum Gasteiger partial charge on any atom is 0.235 e. The summed E-state index contributed by atoms with van der Waals surface area (Å²) in [5.74, 6) is -0.725. The van der Waals surface area contributed by atoms with Crippen molar-refractivity contribution in [3.8, 4) is 5.75 Å². The molecular weight excluding hydrogens is 386 g/mol. The van der Waals surface area contributed by atoms with E-state index >= 15 is 0 Å². The summed E-state index contributed by atoms with van der Waals surface area (Å²) >= 11 is 1.14. The molecule has 0 aliphatic rings. The Kier molecular flexibility index (Phi) is 6.25. The van der Waals surface area contributed by atoms with Crippen LogP contribution in [-0.2, 0) is 18.3 Å². The van der Waals surface area contributed by atoms with Gasteiger partial charge < -0.3 is 14.6 Å². The van der Waals surface area contributed by atoms with Crippen molar-refractivity contribution >= 4 is 23.4 Å². The Labute approximate surface area is 164 Å². The van der Waals surface area contributed by atoms with Crippen molar-refractivity contribution in [2.75, 3.05) is 18.2 Å². The fourth-order valence-electron chi connectivity index (χ4n) is 2.47. The molecule has 0 saturated carbocycles. The number of ether oxygens (including phenoxy) is 1. The Morgan fingerprint density at radius 1 is 1.14 bits per heavy atom. The van der Waals surface area contributed by atoms with Crippen LogP contribution in [0.25, 0.3) is 0 Å². The predicted molar refractivity (Wildman–Crippen MR) is 103 cm³/mol. The van der Waals surface area contributed by atoms with Crippen LogP contribution in [0.1, 0.15) is 11.4 Å². The van der Waals surface area contributed by atoms with Gasteiger partial charge in [-0.15, -0.1) is 10.2 Å². The lowest BCUT2D eigenvalue weighted by atomic mass is 10.1. The number of hydrogen-bond acceptors (Lipinski definition) is 5. The molecule has 0 radical (unpaired) electrons. The van der Waals surface area contributed by atoms with Gasteiger partial charge in [-0.1, -0.05) is 30.0 Å². The number of rotatable bonds is 7. The average Bonchev–Trinajstić information content (AvgIpc) is 3.03. The highest BCUT2D eigenvalue weighted by Crippen LogP contribution is 2.21. The number of carbonyl (C=O) groups excluding carboxylic acids is 1. The summed E-state index contributed by atoms with van der Waals surface area (Å²) < 4.78 is 34.1. The number of anilines is 1. The van der Waals surface area contributed by atoms with Crippen LogP contribution in [0.3, 0.4) is 0 Å². The van der Waals surface area contributed by atoms with Gasteiger partial charge in [0.25, 0.3) is 0 Å². The number of benzene rings is 2. The molecule has 146 valence electrons. The van der Waals surface area contributed by atoms with Gasteiger partial charge >= 0.3 is 0 Å². The Hall–Kier alpha value is -2.94. The highest BCUT2D eigenvalue weighted by molar-refractivity contribution is 7.99. The van der Waals surface area contributed by atoms with Gasteiger partial charge in [0.1, 0.15) is 28.9 Å². The summed E-state index contributed by atoms with van der Waals surface area (Å²) in [6, 6.07) is 11.0. The van der Waals surface area contributed by atoms with Gasteiger partial charge in [-0.2, -0.15) is 0 Å². The minimum Gasteiger partial charge on any atom is -0.497 e. The van der Waals surface area contributed by atoms with E-state index in [1.54, 1.807) is 18.7 Å². The molecule has 6 nitrogen and oxygen atoms in total. The molecule has 0 aliphatic carbocycles. The lowest BCUT2D eigenvalue weighted by Gasteiger charge is -2.07. The summed E-state index contributed by atoms with van der Waals surface area (Å²) in [6.07, 6.45) is 0.570. The number of para-hydroxylation sites is 1. The van der Waals surface area contributed by atoms with Gasteiger partial charge in [0.05, 0.1) is 12.9 Å². The number of aromatic nitrogens is 3. The third kappa shape index (κ3) is 4.66. The van der Waals surface area contributed by atoms with Gasteiger partial charge in [0.15, 0.2) is 5.16 Å². The van der Waals surface area contributed by atoms with Crippen molar-refractivity contribution in [1.82, 2.24) is 14.8 Å². The van der Waals surface area contributed by atoms with E-state index in [1.165, 1.54) is 6.07 Å². The molecule has 0 bridgehead atoms. The minimum absolute atomic E-state index is 0.0533. The molecule has 28 heavy (non-hydrogen) atoms. The molecule has 1 amide bonds. The quantitative estimate of drug-likeness (QED) is 0.611. The Morgan fingerprint density at radius 2 is 1.82 bits per heavy atom. The number of nitrogens with one attached hydrogen (secondary N) is 1. The molecule has 3 aromatic rings. The summed E-state index contributed by atoms with van der Waals surface area (Å²) in [6.45, 7) is 0. The lowest BCUT2D eigenvalue weighted by Crippen LogP contribution is -2.16. The summed E-state index contributed by atoms with van der Waals surface area (Å²) in [5, 5.41) is 11.0. The fraction of sp³-hybridized carbons (Fsp3) is 0.211.